The molecule has 0 aliphatic carbocycles. The Morgan fingerprint density at radius 1 is 0.338 bits per heavy atom. The summed E-state index contributed by atoms with van der Waals surface area (Å²) in [4.78, 5) is 34.7. The fourth-order valence-corrected chi connectivity index (χ4v) is 8.54. The SMILES string of the molecule is CCCCCCCCCC(CCCCCCC)C(=O)O.CCCCCCCCCC(CCCCCCC)C(=O)O.CCCCCCCCCC(CCCCCCC)C(=O)OCC(O)CO. The molecule has 0 amide bonds. The number of aliphatic hydroxyl groups is 2. The summed E-state index contributed by atoms with van der Waals surface area (Å²) < 4.78 is 5.20. The van der Waals surface area contributed by atoms with E-state index in [1.807, 2.05) is 0 Å². The molecule has 0 aromatic heterocycles. The first kappa shape index (κ1) is 67.6. The molecule has 0 radical (unpaired) electrons. The highest BCUT2D eigenvalue weighted by Crippen LogP contribution is 2.23. The average molecular weight is 928 g/mol. The Morgan fingerprint density at radius 3 is 0.738 bits per heavy atom. The molecule has 4 atom stereocenters. The van der Waals surface area contributed by atoms with Crippen molar-refractivity contribution in [3.8, 4) is 0 Å². The zero-order chi connectivity index (χ0) is 48.9. The van der Waals surface area contributed by atoms with Crippen LogP contribution in [-0.2, 0) is 19.1 Å². The van der Waals surface area contributed by atoms with E-state index in [9.17, 15) is 29.7 Å². The van der Waals surface area contributed by atoms with E-state index in [0.717, 1.165) is 77.0 Å². The van der Waals surface area contributed by atoms with Crippen LogP contribution < -0.4 is 0 Å². The van der Waals surface area contributed by atoms with E-state index < -0.39 is 18.0 Å². The first-order valence-electron chi connectivity index (χ1n) is 28.5. The molecule has 390 valence electrons. The summed E-state index contributed by atoms with van der Waals surface area (Å²) in [5.41, 5.74) is 0. The molecule has 4 unspecified atom stereocenters. The number of carboxylic acids is 2. The van der Waals surface area contributed by atoms with Crippen LogP contribution >= 0.6 is 0 Å². The van der Waals surface area contributed by atoms with Gasteiger partial charge in [-0.25, -0.2) is 0 Å². The lowest BCUT2D eigenvalue weighted by Gasteiger charge is -2.17. The van der Waals surface area contributed by atoms with E-state index in [2.05, 4.69) is 41.5 Å². The number of hydrogen-bond donors (Lipinski definition) is 4. The lowest BCUT2D eigenvalue weighted by atomic mass is 9.94. The van der Waals surface area contributed by atoms with Gasteiger partial charge in [-0.2, -0.15) is 0 Å². The first-order chi connectivity index (χ1) is 31.6. The molecule has 0 aliphatic rings. The fourth-order valence-electron chi connectivity index (χ4n) is 8.54. The van der Waals surface area contributed by atoms with Crippen molar-refractivity contribution in [2.45, 2.75) is 317 Å². The molecule has 4 N–H and O–H groups in total. The molecule has 8 heteroatoms. The van der Waals surface area contributed by atoms with Crippen molar-refractivity contribution in [2.24, 2.45) is 17.8 Å². The third-order valence-corrected chi connectivity index (χ3v) is 13.1. The minimum Gasteiger partial charge on any atom is -0.481 e. The molecule has 65 heavy (non-hydrogen) atoms. The van der Waals surface area contributed by atoms with Crippen molar-refractivity contribution < 1.29 is 39.5 Å². The minimum atomic E-state index is -0.965. The molecule has 0 fully saturated rings. The van der Waals surface area contributed by atoms with Gasteiger partial charge in [-0.15, -0.1) is 0 Å². The van der Waals surface area contributed by atoms with Gasteiger partial charge in [-0.05, 0) is 38.5 Å². The highest BCUT2D eigenvalue weighted by Gasteiger charge is 2.21. The van der Waals surface area contributed by atoms with Gasteiger partial charge in [0.15, 0.2) is 0 Å². The molecule has 0 saturated heterocycles. The van der Waals surface area contributed by atoms with Crippen LogP contribution in [0.4, 0.5) is 0 Å². The lowest BCUT2D eigenvalue weighted by Crippen LogP contribution is -2.25. The van der Waals surface area contributed by atoms with Crippen LogP contribution in [-0.4, -0.2) is 57.7 Å². The van der Waals surface area contributed by atoms with Crippen molar-refractivity contribution in [1.82, 2.24) is 0 Å². The van der Waals surface area contributed by atoms with Gasteiger partial charge in [0.05, 0.1) is 24.4 Å². The topological polar surface area (TPSA) is 141 Å². The number of hydrogen-bond acceptors (Lipinski definition) is 6. The molecular formula is C57H114O8. The van der Waals surface area contributed by atoms with E-state index in [4.69, 9.17) is 9.84 Å². The molecule has 0 saturated carbocycles. The van der Waals surface area contributed by atoms with Crippen LogP contribution in [0.5, 0.6) is 0 Å². The highest BCUT2D eigenvalue weighted by atomic mass is 16.5. The number of esters is 1. The zero-order valence-corrected chi connectivity index (χ0v) is 44.3. The molecule has 0 bridgehead atoms. The van der Waals surface area contributed by atoms with Crippen LogP contribution in [0, 0.1) is 17.8 Å². The number of carbonyl (C=O) groups excluding carboxylic acids is 1. The second kappa shape index (κ2) is 56.7. The van der Waals surface area contributed by atoms with E-state index in [1.54, 1.807) is 0 Å². The van der Waals surface area contributed by atoms with Crippen LogP contribution in [0.15, 0.2) is 0 Å². The number of carboxylic acid groups (broad SMARTS) is 2. The molecule has 0 aliphatic heterocycles. The van der Waals surface area contributed by atoms with E-state index >= 15 is 0 Å². The quantitative estimate of drug-likeness (QED) is 0.0349. The summed E-state index contributed by atoms with van der Waals surface area (Å²) in [6.07, 6.45) is 49.0. The van der Waals surface area contributed by atoms with Crippen LogP contribution in [0.25, 0.3) is 0 Å². The van der Waals surface area contributed by atoms with E-state index in [-0.39, 0.29) is 36.9 Å². The molecule has 0 aromatic carbocycles. The van der Waals surface area contributed by atoms with Crippen LogP contribution in [0.3, 0.4) is 0 Å². The molecule has 0 aromatic rings. The highest BCUT2D eigenvalue weighted by molar-refractivity contribution is 5.72. The van der Waals surface area contributed by atoms with Gasteiger partial charge < -0.3 is 25.2 Å². The first-order valence-corrected chi connectivity index (χ1v) is 28.5. The number of aliphatic carboxylic acids is 2. The van der Waals surface area contributed by atoms with Crippen molar-refractivity contribution in [2.75, 3.05) is 13.2 Å². The lowest BCUT2D eigenvalue weighted by molar-refractivity contribution is -0.153. The Balaban J connectivity index is -0.000000896. The molecule has 8 nitrogen and oxygen atoms in total. The Hall–Kier alpha value is -1.67. The number of carbonyl (C=O) groups is 3. The maximum atomic E-state index is 12.3. The summed E-state index contributed by atoms with van der Waals surface area (Å²) in [6, 6.07) is 0. The standard InChI is InChI=1S/C21H42O4.2C18H36O2/c1-3-5-7-9-10-12-14-16-19(15-13-11-8-6-4-2)21(24)25-18-20(23)17-22;2*1-3-5-7-9-10-12-14-16-17(18(19)20)15-13-11-8-6-4-2/h19-20,22-23H,3-18H2,1-2H3;2*17H,3-16H2,1-2H3,(H,19,20). The second-order valence-corrected chi connectivity index (χ2v) is 19.6. The Kier molecular flexibility index (Phi) is 58.9. The summed E-state index contributed by atoms with van der Waals surface area (Å²) >= 11 is 0. The largest absolute Gasteiger partial charge is 0.481 e. The number of ether oxygens (including phenoxy) is 1. The third kappa shape index (κ3) is 53.2. The average Bonchev–Trinajstić information content (AvgIpc) is 3.30. The van der Waals surface area contributed by atoms with Crippen LogP contribution in [0.1, 0.15) is 311 Å². The predicted molar refractivity (Wildman–Crippen MR) is 278 cm³/mol. The Morgan fingerprint density at radius 2 is 0.538 bits per heavy atom. The Labute approximate surface area is 404 Å². The van der Waals surface area contributed by atoms with Gasteiger partial charge in [0, 0.05) is 0 Å². The summed E-state index contributed by atoms with van der Waals surface area (Å²) in [5.74, 6) is -1.59. The van der Waals surface area contributed by atoms with E-state index in [0.29, 0.717) is 0 Å². The van der Waals surface area contributed by atoms with Crippen molar-refractivity contribution in [1.29, 1.82) is 0 Å². The van der Waals surface area contributed by atoms with Crippen LogP contribution in [0.2, 0.25) is 0 Å². The zero-order valence-electron chi connectivity index (χ0n) is 44.3. The van der Waals surface area contributed by atoms with Gasteiger partial charge >= 0.3 is 17.9 Å². The molecule has 0 spiro atoms. The van der Waals surface area contributed by atoms with Gasteiger partial charge in [-0.1, -0.05) is 273 Å². The second-order valence-electron chi connectivity index (χ2n) is 19.6. The van der Waals surface area contributed by atoms with Gasteiger partial charge in [-0.3, -0.25) is 14.4 Å². The maximum absolute atomic E-state index is 12.3. The monoisotopic (exact) mass is 927 g/mol. The number of aliphatic hydroxyl groups excluding tert-OH is 2. The van der Waals surface area contributed by atoms with Crippen molar-refractivity contribution in [3.05, 3.63) is 0 Å². The summed E-state index contributed by atoms with van der Waals surface area (Å²) in [5, 5.41) is 36.7. The molecule has 0 heterocycles. The number of rotatable bonds is 48. The normalized spacial score (nSPS) is 12.9. The van der Waals surface area contributed by atoms with Crippen molar-refractivity contribution in [3.63, 3.8) is 0 Å². The van der Waals surface area contributed by atoms with Gasteiger partial charge in [0.1, 0.15) is 12.7 Å². The fraction of sp³-hybridized carbons (Fsp3) is 0.947. The van der Waals surface area contributed by atoms with E-state index in [1.165, 1.54) is 193 Å². The Bertz CT molecular complexity index is 911. The summed E-state index contributed by atoms with van der Waals surface area (Å²) in [6.45, 7) is 12.8. The third-order valence-electron chi connectivity index (χ3n) is 13.1. The smallest absolute Gasteiger partial charge is 0.309 e. The molecule has 0 rings (SSSR count). The summed E-state index contributed by atoms with van der Waals surface area (Å²) in [7, 11) is 0. The van der Waals surface area contributed by atoms with Crippen molar-refractivity contribution >= 4 is 17.9 Å². The predicted octanol–water partition coefficient (Wildman–Crippen LogP) is 17.4. The van der Waals surface area contributed by atoms with Gasteiger partial charge in [0.25, 0.3) is 0 Å². The minimum absolute atomic E-state index is 0.0526. The number of unbranched alkanes of at least 4 members (excludes halogenated alkanes) is 30. The molecular weight excluding hydrogens is 813 g/mol. The van der Waals surface area contributed by atoms with Gasteiger partial charge in [0.2, 0.25) is 0 Å². The maximum Gasteiger partial charge on any atom is 0.309 e.